The van der Waals surface area contributed by atoms with Gasteiger partial charge in [0.05, 0.1) is 6.54 Å². The van der Waals surface area contributed by atoms with Crippen LogP contribution in [0.4, 0.5) is 0 Å². The van der Waals surface area contributed by atoms with Gasteiger partial charge in [-0.05, 0) is 17.9 Å². The molecule has 3 nitrogen and oxygen atoms in total. The zero-order chi connectivity index (χ0) is 11.1. The van der Waals surface area contributed by atoms with Crippen LogP contribution in [0, 0.1) is 0 Å². The van der Waals surface area contributed by atoms with E-state index in [-0.39, 0.29) is 0 Å². The lowest BCUT2D eigenvalue weighted by molar-refractivity contribution is 0.864. The molecule has 1 aromatic rings. The molecule has 0 aliphatic rings. The summed E-state index contributed by atoms with van der Waals surface area (Å²) in [5.41, 5.74) is 5.64. The van der Waals surface area contributed by atoms with Crippen molar-refractivity contribution in [2.75, 3.05) is 13.1 Å². The molecular formula is C10H14BrN3S. The normalized spacial score (nSPS) is 11.4. The molecule has 1 heterocycles. The summed E-state index contributed by atoms with van der Waals surface area (Å²) >= 11 is 4.97. The molecule has 1 rings (SSSR count). The highest BCUT2D eigenvalue weighted by Gasteiger charge is 1.94. The fraction of sp³-hybridized carbons (Fsp3) is 0.300. The molecule has 0 unspecified atom stereocenters. The quantitative estimate of drug-likeness (QED) is 0.644. The number of aliphatic imine (C=N–C) groups is 1. The molecule has 0 fully saturated rings. The Morgan fingerprint density at radius 3 is 3.07 bits per heavy atom. The Morgan fingerprint density at radius 2 is 2.47 bits per heavy atom. The van der Waals surface area contributed by atoms with Gasteiger partial charge in [-0.3, -0.25) is 0 Å². The van der Waals surface area contributed by atoms with Gasteiger partial charge in [0.25, 0.3) is 0 Å². The molecule has 0 atom stereocenters. The van der Waals surface area contributed by atoms with Crippen LogP contribution in [-0.2, 0) is 6.42 Å². The molecule has 0 amide bonds. The molecule has 0 spiro atoms. The third kappa shape index (κ3) is 5.59. The number of hydrogen-bond donors (Lipinski definition) is 2. The maximum absolute atomic E-state index is 5.64. The van der Waals surface area contributed by atoms with Crippen LogP contribution in [0.5, 0.6) is 0 Å². The molecule has 0 bridgehead atoms. The molecule has 0 aliphatic heterocycles. The van der Waals surface area contributed by atoms with Gasteiger partial charge in [0.2, 0.25) is 0 Å². The van der Waals surface area contributed by atoms with Crippen LogP contribution in [0.25, 0.3) is 0 Å². The smallest absolute Gasteiger partial charge is 0.188 e. The predicted octanol–water partition coefficient (Wildman–Crippen LogP) is 2.10. The minimum Gasteiger partial charge on any atom is -0.370 e. The lowest BCUT2D eigenvalue weighted by atomic mass is 10.3. The second kappa shape index (κ2) is 6.63. The predicted molar refractivity (Wildman–Crippen MR) is 70.6 cm³/mol. The third-order valence-electron chi connectivity index (χ3n) is 1.68. The molecule has 5 heteroatoms. The molecule has 0 aromatic carbocycles. The van der Waals surface area contributed by atoms with E-state index in [0.29, 0.717) is 12.5 Å². The highest BCUT2D eigenvalue weighted by Crippen LogP contribution is 2.07. The first-order valence-electron chi connectivity index (χ1n) is 4.58. The second-order valence-corrected chi connectivity index (χ2v) is 5.13. The minimum absolute atomic E-state index is 0.465. The van der Waals surface area contributed by atoms with Gasteiger partial charge in [-0.1, -0.05) is 28.6 Å². The SMILES string of the molecule is C=C(Br)CN=C(N)NCCc1cccs1. The van der Waals surface area contributed by atoms with Gasteiger partial charge in [-0.25, -0.2) is 4.99 Å². The van der Waals surface area contributed by atoms with Gasteiger partial charge < -0.3 is 11.1 Å². The van der Waals surface area contributed by atoms with Crippen molar-refractivity contribution in [3.05, 3.63) is 33.5 Å². The Hall–Kier alpha value is -0.810. The van der Waals surface area contributed by atoms with Crippen molar-refractivity contribution < 1.29 is 0 Å². The highest BCUT2D eigenvalue weighted by molar-refractivity contribution is 9.11. The number of halogens is 1. The van der Waals surface area contributed by atoms with Gasteiger partial charge in [0.15, 0.2) is 5.96 Å². The lowest BCUT2D eigenvalue weighted by Gasteiger charge is -2.03. The molecule has 0 saturated carbocycles. The number of nitrogens with two attached hydrogens (primary N) is 1. The molecule has 15 heavy (non-hydrogen) atoms. The van der Waals surface area contributed by atoms with Crippen molar-refractivity contribution in [3.8, 4) is 0 Å². The zero-order valence-corrected chi connectivity index (χ0v) is 10.8. The first-order chi connectivity index (χ1) is 7.18. The third-order valence-corrected chi connectivity index (χ3v) is 2.87. The van der Waals surface area contributed by atoms with E-state index >= 15 is 0 Å². The summed E-state index contributed by atoms with van der Waals surface area (Å²) in [4.78, 5) is 5.43. The second-order valence-electron chi connectivity index (χ2n) is 2.97. The first kappa shape index (κ1) is 12.3. The first-order valence-corrected chi connectivity index (χ1v) is 6.25. The van der Waals surface area contributed by atoms with Gasteiger partial charge in [0.1, 0.15) is 0 Å². The van der Waals surface area contributed by atoms with Crippen LogP contribution in [0.15, 0.2) is 33.6 Å². The Kier molecular flexibility index (Phi) is 5.42. The Labute approximate surface area is 102 Å². The molecule has 0 saturated heterocycles. The van der Waals surface area contributed by atoms with Crippen LogP contribution in [0.3, 0.4) is 0 Å². The van der Waals surface area contributed by atoms with E-state index in [4.69, 9.17) is 5.73 Å². The largest absolute Gasteiger partial charge is 0.370 e. The van der Waals surface area contributed by atoms with Crippen molar-refractivity contribution >= 4 is 33.2 Å². The standard InChI is InChI=1S/C10H14BrN3S/c1-8(11)7-14-10(12)13-5-4-9-3-2-6-15-9/h2-3,6H,1,4-5,7H2,(H3,12,13,14). The number of nitrogens with zero attached hydrogens (tertiary/aromatic N) is 1. The van der Waals surface area contributed by atoms with Gasteiger partial charge in [-0.2, -0.15) is 0 Å². The molecule has 3 N–H and O–H groups in total. The van der Waals surface area contributed by atoms with Gasteiger partial charge in [-0.15, -0.1) is 11.3 Å². The summed E-state index contributed by atoms with van der Waals surface area (Å²) in [6, 6.07) is 4.16. The van der Waals surface area contributed by atoms with Crippen molar-refractivity contribution in [1.82, 2.24) is 5.32 Å². The molecule has 82 valence electrons. The molecule has 0 radical (unpaired) electrons. The summed E-state index contributed by atoms with van der Waals surface area (Å²) in [6.07, 6.45) is 0.975. The summed E-state index contributed by atoms with van der Waals surface area (Å²) in [5.74, 6) is 0.465. The van der Waals surface area contributed by atoms with E-state index in [2.05, 4.69) is 44.3 Å². The maximum atomic E-state index is 5.64. The van der Waals surface area contributed by atoms with Crippen LogP contribution >= 0.6 is 27.3 Å². The van der Waals surface area contributed by atoms with Crippen molar-refractivity contribution in [1.29, 1.82) is 0 Å². The zero-order valence-electron chi connectivity index (χ0n) is 8.37. The number of rotatable bonds is 5. The van der Waals surface area contributed by atoms with Gasteiger partial charge >= 0.3 is 0 Å². The Balaban J connectivity index is 2.19. The van der Waals surface area contributed by atoms with Gasteiger partial charge in [0, 0.05) is 15.9 Å². The fourth-order valence-corrected chi connectivity index (χ4v) is 1.83. The molecule has 0 aliphatic carbocycles. The van der Waals surface area contributed by atoms with E-state index in [1.54, 1.807) is 11.3 Å². The van der Waals surface area contributed by atoms with Crippen molar-refractivity contribution in [2.24, 2.45) is 10.7 Å². The molecular weight excluding hydrogens is 274 g/mol. The number of thiophene rings is 1. The van der Waals surface area contributed by atoms with Crippen molar-refractivity contribution in [3.63, 3.8) is 0 Å². The summed E-state index contributed by atoms with van der Waals surface area (Å²) in [6.45, 7) is 5.00. The van der Waals surface area contributed by atoms with Crippen LogP contribution < -0.4 is 11.1 Å². The highest BCUT2D eigenvalue weighted by atomic mass is 79.9. The summed E-state index contributed by atoms with van der Waals surface area (Å²) < 4.78 is 0.825. The minimum atomic E-state index is 0.465. The van der Waals surface area contributed by atoms with E-state index < -0.39 is 0 Å². The Morgan fingerprint density at radius 1 is 1.67 bits per heavy atom. The number of guanidine groups is 1. The monoisotopic (exact) mass is 287 g/mol. The Bertz CT molecular complexity index is 332. The van der Waals surface area contributed by atoms with Crippen molar-refractivity contribution in [2.45, 2.75) is 6.42 Å². The topological polar surface area (TPSA) is 50.4 Å². The number of nitrogens with one attached hydrogen (secondary N) is 1. The summed E-state index contributed by atoms with van der Waals surface area (Å²) in [7, 11) is 0. The average Bonchev–Trinajstić information content (AvgIpc) is 2.67. The average molecular weight is 288 g/mol. The van der Waals surface area contributed by atoms with E-state index in [0.717, 1.165) is 17.4 Å². The van der Waals surface area contributed by atoms with E-state index in [1.165, 1.54) is 4.88 Å². The van der Waals surface area contributed by atoms with Crippen LogP contribution in [0.2, 0.25) is 0 Å². The molecule has 1 aromatic heterocycles. The van der Waals surface area contributed by atoms with Crippen LogP contribution in [0.1, 0.15) is 4.88 Å². The van der Waals surface area contributed by atoms with E-state index in [1.807, 2.05) is 6.07 Å². The van der Waals surface area contributed by atoms with Crippen LogP contribution in [-0.4, -0.2) is 19.0 Å². The fourth-order valence-electron chi connectivity index (χ4n) is 0.995. The lowest BCUT2D eigenvalue weighted by Crippen LogP contribution is -2.33. The maximum Gasteiger partial charge on any atom is 0.188 e. The van der Waals surface area contributed by atoms with E-state index in [9.17, 15) is 0 Å². The number of hydrogen-bond acceptors (Lipinski definition) is 2. The summed E-state index contributed by atoms with van der Waals surface area (Å²) in [5, 5.41) is 5.12.